The van der Waals surface area contributed by atoms with E-state index in [2.05, 4.69) is 34.3 Å². The number of halogens is 3. The van der Waals surface area contributed by atoms with Crippen LogP contribution < -0.4 is 10.1 Å². The van der Waals surface area contributed by atoms with Gasteiger partial charge in [-0.25, -0.2) is 9.78 Å². The molecule has 3 rings (SSSR count). The summed E-state index contributed by atoms with van der Waals surface area (Å²) in [5.74, 6) is -1.04. The van der Waals surface area contributed by atoms with E-state index in [0.29, 0.717) is 6.04 Å². The van der Waals surface area contributed by atoms with E-state index in [1.54, 1.807) is 6.33 Å². The van der Waals surface area contributed by atoms with Crippen LogP contribution in [-0.2, 0) is 11.3 Å². The first-order chi connectivity index (χ1) is 15.3. The van der Waals surface area contributed by atoms with E-state index in [0.717, 1.165) is 30.2 Å². The van der Waals surface area contributed by atoms with Gasteiger partial charge in [-0.1, -0.05) is 50.1 Å². The molecule has 0 amide bonds. The van der Waals surface area contributed by atoms with Crippen LogP contribution in [0.15, 0.2) is 67.1 Å². The van der Waals surface area contributed by atoms with Gasteiger partial charge in [0.2, 0.25) is 0 Å². The van der Waals surface area contributed by atoms with Crippen LogP contribution in [-0.4, -0.2) is 27.2 Å². The summed E-state index contributed by atoms with van der Waals surface area (Å²) >= 11 is 0. The number of carbonyl (C=O) groups is 1. The third-order valence-electron chi connectivity index (χ3n) is 4.44. The number of unbranched alkanes of at least 4 members (excludes halogenated alkanes) is 1. The maximum atomic E-state index is 10.6. The van der Waals surface area contributed by atoms with E-state index in [4.69, 9.17) is 14.6 Å². The molecule has 3 aromatic rings. The Morgan fingerprint density at radius 1 is 1.12 bits per heavy atom. The summed E-state index contributed by atoms with van der Waals surface area (Å²) in [5.41, 5.74) is 2.39. The van der Waals surface area contributed by atoms with Gasteiger partial charge in [0.1, 0.15) is 11.5 Å². The number of imidazole rings is 1. The Balaban J connectivity index is 0.000000451. The molecule has 0 spiro atoms. The number of alkyl halides is 3. The first-order valence-electron chi connectivity index (χ1n) is 10.1. The molecule has 0 fully saturated rings. The number of carboxylic acids is 1. The number of H-pyrrole nitrogens is 1. The lowest BCUT2D eigenvalue weighted by Crippen LogP contribution is -2.21. The van der Waals surface area contributed by atoms with Crippen LogP contribution in [0.5, 0.6) is 11.5 Å². The van der Waals surface area contributed by atoms with Gasteiger partial charge in [0.25, 0.3) is 0 Å². The molecule has 0 saturated carbocycles. The fraction of sp³-hybridized carbons (Fsp3) is 0.304. The number of rotatable bonds is 9. The van der Waals surface area contributed by atoms with Gasteiger partial charge in [0.05, 0.1) is 6.33 Å². The van der Waals surface area contributed by atoms with Crippen LogP contribution in [0.25, 0.3) is 0 Å². The molecular formula is C23H26F3N3O3. The smallest absolute Gasteiger partial charge is 0.475 e. The number of ether oxygens (including phenoxy) is 1. The van der Waals surface area contributed by atoms with Crippen molar-refractivity contribution in [3.8, 4) is 11.5 Å². The normalized spacial score (nSPS) is 11.9. The molecule has 0 aliphatic heterocycles. The summed E-state index contributed by atoms with van der Waals surface area (Å²) in [6, 6.07) is 18.6. The molecule has 6 nitrogen and oxygen atoms in total. The SMILES string of the molecule is CCCCC(NCc1cnc[nH]1)c1ccc(Oc2ccccc2)cc1.O=C(O)C(F)(F)F. The third kappa shape index (κ3) is 8.81. The first kappa shape index (κ1) is 24.9. The predicted octanol–water partition coefficient (Wildman–Crippen LogP) is 5.86. The second-order valence-corrected chi connectivity index (χ2v) is 6.94. The van der Waals surface area contributed by atoms with Gasteiger partial charge in [-0.15, -0.1) is 0 Å². The number of para-hydroxylation sites is 1. The van der Waals surface area contributed by atoms with Gasteiger partial charge in [-0.05, 0) is 36.2 Å². The molecule has 0 aliphatic rings. The largest absolute Gasteiger partial charge is 0.490 e. The summed E-state index contributed by atoms with van der Waals surface area (Å²) in [6.45, 7) is 3.01. The van der Waals surface area contributed by atoms with E-state index in [1.807, 2.05) is 48.7 Å². The summed E-state index contributed by atoms with van der Waals surface area (Å²) in [4.78, 5) is 16.1. The number of benzene rings is 2. The molecule has 3 N–H and O–H groups in total. The van der Waals surface area contributed by atoms with E-state index in [-0.39, 0.29) is 0 Å². The Morgan fingerprint density at radius 2 is 1.75 bits per heavy atom. The molecule has 1 unspecified atom stereocenters. The lowest BCUT2D eigenvalue weighted by Gasteiger charge is -2.19. The van der Waals surface area contributed by atoms with Crippen molar-refractivity contribution in [1.82, 2.24) is 15.3 Å². The van der Waals surface area contributed by atoms with Crippen LogP contribution in [0.1, 0.15) is 43.5 Å². The molecule has 1 atom stereocenters. The predicted molar refractivity (Wildman–Crippen MR) is 114 cm³/mol. The highest BCUT2D eigenvalue weighted by Crippen LogP contribution is 2.25. The van der Waals surface area contributed by atoms with E-state index < -0.39 is 12.1 Å². The highest BCUT2D eigenvalue weighted by molar-refractivity contribution is 5.73. The topological polar surface area (TPSA) is 87.2 Å². The molecule has 2 aromatic carbocycles. The molecule has 9 heteroatoms. The molecule has 0 radical (unpaired) electrons. The van der Waals surface area contributed by atoms with Gasteiger partial charge in [0.15, 0.2) is 0 Å². The first-order valence-corrected chi connectivity index (χ1v) is 10.1. The fourth-order valence-electron chi connectivity index (χ4n) is 2.80. The van der Waals surface area contributed by atoms with Crippen molar-refractivity contribution in [3.63, 3.8) is 0 Å². The monoisotopic (exact) mass is 449 g/mol. The summed E-state index contributed by atoms with van der Waals surface area (Å²) in [6.07, 6.45) is 2.00. The van der Waals surface area contributed by atoms with Crippen molar-refractivity contribution >= 4 is 5.97 Å². The van der Waals surface area contributed by atoms with Crippen LogP contribution in [0, 0.1) is 0 Å². The van der Waals surface area contributed by atoms with Crippen molar-refractivity contribution in [2.75, 3.05) is 0 Å². The third-order valence-corrected chi connectivity index (χ3v) is 4.44. The van der Waals surface area contributed by atoms with Crippen LogP contribution in [0.3, 0.4) is 0 Å². The molecule has 1 heterocycles. The molecule has 1 aromatic heterocycles. The number of aromatic amines is 1. The Bertz CT molecular complexity index is 915. The maximum absolute atomic E-state index is 10.6. The molecule has 0 saturated heterocycles. The number of aliphatic carboxylic acids is 1. The number of hydrogen-bond acceptors (Lipinski definition) is 4. The van der Waals surface area contributed by atoms with E-state index in [9.17, 15) is 13.2 Å². The van der Waals surface area contributed by atoms with E-state index in [1.165, 1.54) is 18.4 Å². The van der Waals surface area contributed by atoms with Gasteiger partial charge >= 0.3 is 12.1 Å². The minimum absolute atomic E-state index is 0.328. The van der Waals surface area contributed by atoms with Crippen molar-refractivity contribution in [2.24, 2.45) is 0 Å². The minimum atomic E-state index is -5.08. The zero-order valence-electron chi connectivity index (χ0n) is 17.6. The molecular weight excluding hydrogens is 423 g/mol. The van der Waals surface area contributed by atoms with Crippen molar-refractivity contribution < 1.29 is 27.8 Å². The average molecular weight is 449 g/mol. The standard InChI is InChI=1S/C21H25N3O.C2HF3O2/c1-2-3-9-21(23-15-18-14-22-16-24-18)17-10-12-20(13-11-17)25-19-7-5-4-6-8-19;3-2(4,5)1(6)7/h4-8,10-14,16,21,23H,2-3,9,15H2,1H3,(H,22,24);(H,6,7). The number of hydrogen-bond donors (Lipinski definition) is 3. The molecule has 172 valence electrons. The Hall–Kier alpha value is -3.33. The average Bonchev–Trinajstić information content (AvgIpc) is 3.29. The number of carboxylic acid groups (broad SMARTS) is 1. The van der Waals surface area contributed by atoms with Crippen molar-refractivity contribution in [1.29, 1.82) is 0 Å². The number of nitrogens with one attached hydrogen (secondary N) is 2. The second-order valence-electron chi connectivity index (χ2n) is 6.94. The zero-order chi connectivity index (χ0) is 23.4. The summed E-state index contributed by atoms with van der Waals surface area (Å²) < 4.78 is 37.6. The molecule has 0 aliphatic carbocycles. The number of nitrogens with zero attached hydrogens (tertiary/aromatic N) is 1. The van der Waals surface area contributed by atoms with Crippen molar-refractivity contribution in [2.45, 2.75) is 44.9 Å². The zero-order valence-corrected chi connectivity index (χ0v) is 17.6. The second kappa shape index (κ2) is 12.5. The number of aromatic nitrogens is 2. The quantitative estimate of drug-likeness (QED) is 0.381. The highest BCUT2D eigenvalue weighted by atomic mass is 19.4. The lowest BCUT2D eigenvalue weighted by atomic mass is 10.0. The molecule has 32 heavy (non-hydrogen) atoms. The van der Waals surface area contributed by atoms with Crippen LogP contribution in [0.4, 0.5) is 13.2 Å². The van der Waals surface area contributed by atoms with Gasteiger partial charge in [-0.2, -0.15) is 13.2 Å². The minimum Gasteiger partial charge on any atom is -0.475 e. The Kier molecular flexibility index (Phi) is 9.75. The van der Waals surface area contributed by atoms with Crippen LogP contribution >= 0.6 is 0 Å². The van der Waals surface area contributed by atoms with E-state index >= 15 is 0 Å². The van der Waals surface area contributed by atoms with Gasteiger partial charge in [-0.3, -0.25) is 0 Å². The lowest BCUT2D eigenvalue weighted by molar-refractivity contribution is -0.192. The Morgan fingerprint density at radius 3 is 2.28 bits per heavy atom. The van der Waals surface area contributed by atoms with Crippen molar-refractivity contribution in [3.05, 3.63) is 78.4 Å². The van der Waals surface area contributed by atoms with Gasteiger partial charge in [0, 0.05) is 24.5 Å². The van der Waals surface area contributed by atoms with Gasteiger partial charge < -0.3 is 20.1 Å². The summed E-state index contributed by atoms with van der Waals surface area (Å²) in [5, 5.41) is 10.8. The highest BCUT2D eigenvalue weighted by Gasteiger charge is 2.38. The maximum Gasteiger partial charge on any atom is 0.490 e. The summed E-state index contributed by atoms with van der Waals surface area (Å²) in [7, 11) is 0. The van der Waals surface area contributed by atoms with Crippen LogP contribution in [0.2, 0.25) is 0 Å². The molecule has 0 bridgehead atoms. The Labute approximate surface area is 184 Å². The fourth-order valence-corrected chi connectivity index (χ4v) is 2.80.